The van der Waals surface area contributed by atoms with Crippen molar-refractivity contribution in [2.75, 3.05) is 6.54 Å². The number of carbonyl (C=O) groups excluding carboxylic acids is 1. The Balaban J connectivity index is 1.61. The highest BCUT2D eigenvalue weighted by molar-refractivity contribution is 7.09. The van der Waals surface area contributed by atoms with Crippen LogP contribution in [0.3, 0.4) is 0 Å². The van der Waals surface area contributed by atoms with E-state index in [-0.39, 0.29) is 11.6 Å². The molecule has 0 aliphatic carbocycles. The summed E-state index contributed by atoms with van der Waals surface area (Å²) < 4.78 is 1.85. The second-order valence-corrected chi connectivity index (χ2v) is 6.88. The number of aromatic carboxylic acids is 1. The van der Waals surface area contributed by atoms with Gasteiger partial charge >= 0.3 is 5.97 Å². The van der Waals surface area contributed by atoms with Gasteiger partial charge in [0, 0.05) is 18.3 Å². The zero-order chi connectivity index (χ0) is 19.2. The highest BCUT2D eigenvalue weighted by Crippen LogP contribution is 2.13. The van der Waals surface area contributed by atoms with E-state index in [1.165, 1.54) is 16.7 Å². The van der Waals surface area contributed by atoms with Crippen LogP contribution in [0.15, 0.2) is 41.9 Å². The molecule has 1 amide bonds. The first-order valence-corrected chi connectivity index (χ1v) is 9.51. The summed E-state index contributed by atoms with van der Waals surface area (Å²) >= 11 is 1.28. The van der Waals surface area contributed by atoms with Crippen molar-refractivity contribution in [3.8, 4) is 0 Å². The molecule has 0 saturated carbocycles. The number of nitrogens with zero attached hydrogens (tertiary/aromatic N) is 3. The number of rotatable bonds is 8. The quantitative estimate of drug-likeness (QED) is 0.622. The van der Waals surface area contributed by atoms with Gasteiger partial charge in [0.1, 0.15) is 0 Å². The van der Waals surface area contributed by atoms with Gasteiger partial charge in [0.05, 0.1) is 29.0 Å². The number of carbonyl (C=O) groups is 2. The van der Waals surface area contributed by atoms with Gasteiger partial charge in [-0.15, -0.1) is 11.3 Å². The van der Waals surface area contributed by atoms with Gasteiger partial charge in [0.15, 0.2) is 5.69 Å². The minimum Gasteiger partial charge on any atom is -0.476 e. The van der Waals surface area contributed by atoms with Crippen molar-refractivity contribution in [1.82, 2.24) is 20.1 Å². The zero-order valence-electron chi connectivity index (χ0n) is 14.9. The molecule has 7 nitrogen and oxygen atoms in total. The monoisotopic (exact) mass is 384 g/mol. The first kappa shape index (κ1) is 18.8. The Labute approximate surface area is 160 Å². The third-order valence-electron chi connectivity index (χ3n) is 4.10. The molecule has 0 unspecified atom stereocenters. The summed E-state index contributed by atoms with van der Waals surface area (Å²) in [4.78, 5) is 27.4. The molecular weight excluding hydrogens is 364 g/mol. The molecule has 0 fully saturated rings. The molecule has 0 spiro atoms. The van der Waals surface area contributed by atoms with Crippen molar-refractivity contribution >= 4 is 23.2 Å². The number of hydrogen-bond acceptors (Lipinski definition) is 5. The first-order valence-electron chi connectivity index (χ1n) is 8.63. The maximum absolute atomic E-state index is 12.5. The Morgan fingerprint density at radius 3 is 2.70 bits per heavy atom. The summed E-state index contributed by atoms with van der Waals surface area (Å²) in [5.74, 6) is -1.22. The lowest BCUT2D eigenvalue weighted by Crippen LogP contribution is -2.26. The maximum atomic E-state index is 12.5. The van der Waals surface area contributed by atoms with Crippen LogP contribution < -0.4 is 5.32 Å². The van der Waals surface area contributed by atoms with Crippen LogP contribution in [0.1, 0.15) is 44.0 Å². The van der Waals surface area contributed by atoms with Gasteiger partial charge in [0.2, 0.25) is 0 Å². The third-order valence-corrected chi connectivity index (χ3v) is 5.01. The van der Waals surface area contributed by atoms with Crippen molar-refractivity contribution in [2.24, 2.45) is 0 Å². The van der Waals surface area contributed by atoms with Crippen LogP contribution in [0, 0.1) is 0 Å². The smallest absolute Gasteiger partial charge is 0.355 e. The van der Waals surface area contributed by atoms with Gasteiger partial charge in [-0.25, -0.2) is 9.78 Å². The van der Waals surface area contributed by atoms with Crippen LogP contribution >= 0.6 is 11.3 Å². The number of thiazole rings is 1. The van der Waals surface area contributed by atoms with Crippen LogP contribution in [0.5, 0.6) is 0 Å². The maximum Gasteiger partial charge on any atom is 0.355 e. The standard InChI is InChI=1S/C19H20N4O3S/c1-2-16-14(10-21-23(16)11-13-6-4-3-5-7-13)18(24)20-9-8-17-22-15(12-27-17)19(25)26/h3-7,10,12H,2,8-9,11H2,1H3,(H,20,24)(H,25,26). The van der Waals surface area contributed by atoms with E-state index in [1.807, 2.05) is 41.9 Å². The summed E-state index contributed by atoms with van der Waals surface area (Å²) in [6.45, 7) is 3.01. The predicted octanol–water partition coefficient (Wildman–Crippen LogP) is 2.62. The van der Waals surface area contributed by atoms with E-state index in [0.29, 0.717) is 36.5 Å². The molecule has 27 heavy (non-hydrogen) atoms. The van der Waals surface area contributed by atoms with E-state index >= 15 is 0 Å². The number of amides is 1. The molecule has 0 bridgehead atoms. The number of carboxylic acid groups (broad SMARTS) is 1. The molecule has 2 heterocycles. The summed E-state index contributed by atoms with van der Waals surface area (Å²) in [7, 11) is 0. The Kier molecular flexibility index (Phi) is 5.97. The lowest BCUT2D eigenvalue weighted by Gasteiger charge is -2.08. The molecule has 1 aromatic carbocycles. The topological polar surface area (TPSA) is 97.1 Å². The van der Waals surface area contributed by atoms with E-state index in [9.17, 15) is 9.59 Å². The van der Waals surface area contributed by atoms with Gasteiger partial charge in [-0.1, -0.05) is 37.3 Å². The van der Waals surface area contributed by atoms with Crippen molar-refractivity contribution in [1.29, 1.82) is 0 Å². The van der Waals surface area contributed by atoms with Crippen LogP contribution in [0.2, 0.25) is 0 Å². The molecule has 0 radical (unpaired) electrons. The Hall–Kier alpha value is -3.00. The highest BCUT2D eigenvalue weighted by atomic mass is 32.1. The average Bonchev–Trinajstić information content (AvgIpc) is 3.29. The molecule has 0 atom stereocenters. The van der Waals surface area contributed by atoms with Gasteiger partial charge in [-0.3, -0.25) is 9.48 Å². The molecule has 0 aliphatic heterocycles. The Morgan fingerprint density at radius 1 is 1.26 bits per heavy atom. The fourth-order valence-corrected chi connectivity index (χ4v) is 3.54. The van der Waals surface area contributed by atoms with E-state index < -0.39 is 5.97 Å². The molecule has 140 valence electrons. The van der Waals surface area contributed by atoms with Crippen LogP contribution in [0.4, 0.5) is 0 Å². The fourth-order valence-electron chi connectivity index (χ4n) is 2.77. The first-order chi connectivity index (χ1) is 13.1. The molecular formula is C19H20N4O3S. The van der Waals surface area contributed by atoms with Crippen molar-refractivity contribution < 1.29 is 14.7 Å². The second kappa shape index (κ2) is 8.59. The number of hydrogen-bond donors (Lipinski definition) is 2. The lowest BCUT2D eigenvalue weighted by atomic mass is 10.1. The van der Waals surface area contributed by atoms with E-state index in [1.54, 1.807) is 6.20 Å². The molecule has 3 rings (SSSR count). The summed E-state index contributed by atoms with van der Waals surface area (Å²) in [5.41, 5.74) is 2.62. The van der Waals surface area contributed by atoms with E-state index in [4.69, 9.17) is 5.11 Å². The minimum atomic E-state index is -1.04. The van der Waals surface area contributed by atoms with Crippen LogP contribution in [-0.4, -0.2) is 38.3 Å². The number of aromatic nitrogens is 3. The van der Waals surface area contributed by atoms with Crippen molar-refractivity contribution in [2.45, 2.75) is 26.3 Å². The lowest BCUT2D eigenvalue weighted by molar-refractivity contribution is 0.0690. The average molecular weight is 384 g/mol. The summed E-state index contributed by atoms with van der Waals surface area (Å²) in [6.07, 6.45) is 2.79. The number of carboxylic acids is 1. The normalized spacial score (nSPS) is 10.7. The SMILES string of the molecule is CCc1c(C(=O)NCCc2nc(C(=O)O)cs2)cnn1Cc1ccccc1. The molecule has 0 saturated heterocycles. The van der Waals surface area contributed by atoms with Gasteiger partial charge in [-0.05, 0) is 12.0 Å². The Morgan fingerprint density at radius 2 is 2.04 bits per heavy atom. The zero-order valence-corrected chi connectivity index (χ0v) is 15.7. The number of nitrogens with one attached hydrogen (secondary N) is 1. The fraction of sp³-hybridized carbons (Fsp3) is 0.263. The van der Waals surface area contributed by atoms with Crippen molar-refractivity contribution in [3.05, 3.63) is 69.4 Å². The Bertz CT molecular complexity index is 934. The summed E-state index contributed by atoms with van der Waals surface area (Å²) in [5, 5.41) is 18.3. The highest BCUT2D eigenvalue weighted by Gasteiger charge is 2.16. The minimum absolute atomic E-state index is 0.0387. The molecule has 0 aliphatic rings. The van der Waals surface area contributed by atoms with Crippen LogP contribution in [-0.2, 0) is 19.4 Å². The predicted molar refractivity (Wildman–Crippen MR) is 102 cm³/mol. The van der Waals surface area contributed by atoms with Gasteiger partial charge in [-0.2, -0.15) is 5.10 Å². The summed E-state index contributed by atoms with van der Waals surface area (Å²) in [6, 6.07) is 9.98. The molecule has 2 aromatic heterocycles. The van der Waals surface area contributed by atoms with Crippen molar-refractivity contribution in [3.63, 3.8) is 0 Å². The molecule has 3 aromatic rings. The third kappa shape index (κ3) is 4.59. The second-order valence-electron chi connectivity index (χ2n) is 5.94. The molecule has 2 N–H and O–H groups in total. The van der Waals surface area contributed by atoms with E-state index in [0.717, 1.165) is 11.3 Å². The molecule has 8 heteroatoms. The van der Waals surface area contributed by atoms with E-state index in [2.05, 4.69) is 15.4 Å². The largest absolute Gasteiger partial charge is 0.476 e. The van der Waals surface area contributed by atoms with Gasteiger partial charge in [0.25, 0.3) is 5.91 Å². The van der Waals surface area contributed by atoms with Gasteiger partial charge < -0.3 is 10.4 Å². The van der Waals surface area contributed by atoms with Crippen LogP contribution in [0.25, 0.3) is 0 Å². The number of benzene rings is 1.